The Morgan fingerprint density at radius 3 is 2.88 bits per heavy atom. The lowest BCUT2D eigenvalue weighted by atomic mass is 10.2. The third-order valence-corrected chi connectivity index (χ3v) is 1.93. The summed E-state index contributed by atoms with van der Waals surface area (Å²) in [6, 6.07) is 3.19. The van der Waals surface area contributed by atoms with Gasteiger partial charge in [-0.05, 0) is 19.1 Å². The Hall–Kier alpha value is -1.91. The summed E-state index contributed by atoms with van der Waals surface area (Å²) in [4.78, 5) is 3.84. The average Bonchev–Trinajstić information content (AvgIpc) is 2.67. The molecule has 0 N–H and O–H groups in total. The lowest BCUT2D eigenvalue weighted by Gasteiger charge is -1.98. The number of rotatable bonds is 3. The van der Waals surface area contributed by atoms with Gasteiger partial charge in [0.25, 0.3) is 0 Å². The first-order valence-corrected chi connectivity index (χ1v) is 4.74. The summed E-state index contributed by atoms with van der Waals surface area (Å²) in [6.07, 6.45) is 1.35. The molecule has 1 heterocycles. The molecule has 0 aliphatic carbocycles. The van der Waals surface area contributed by atoms with Crippen molar-refractivity contribution in [3.05, 3.63) is 36.0 Å². The van der Waals surface area contributed by atoms with Crippen molar-refractivity contribution >= 4 is 0 Å². The zero-order chi connectivity index (χ0) is 11.5. The first kappa shape index (κ1) is 10.6. The Morgan fingerprint density at radius 1 is 1.38 bits per heavy atom. The highest BCUT2D eigenvalue weighted by Crippen LogP contribution is 2.25. The fourth-order valence-electron chi connectivity index (χ4n) is 1.26. The number of hydrogen-bond acceptors (Lipinski definition) is 3. The second-order valence-electron chi connectivity index (χ2n) is 3.04. The van der Waals surface area contributed by atoms with Gasteiger partial charge in [-0.3, -0.25) is 0 Å². The Morgan fingerprint density at radius 2 is 2.19 bits per heavy atom. The number of oxazole rings is 1. The van der Waals surface area contributed by atoms with Gasteiger partial charge in [-0.25, -0.2) is 13.8 Å². The van der Waals surface area contributed by atoms with E-state index in [0.29, 0.717) is 6.61 Å². The summed E-state index contributed by atoms with van der Waals surface area (Å²) in [6.45, 7) is 2.22. The van der Waals surface area contributed by atoms with Crippen molar-refractivity contribution in [3.8, 4) is 17.4 Å². The lowest BCUT2D eigenvalue weighted by molar-refractivity contribution is 0.260. The molecule has 0 aliphatic heterocycles. The minimum Gasteiger partial charge on any atom is -0.464 e. The van der Waals surface area contributed by atoms with Crippen molar-refractivity contribution in [2.45, 2.75) is 6.92 Å². The van der Waals surface area contributed by atoms with Crippen LogP contribution in [0.2, 0.25) is 0 Å². The van der Waals surface area contributed by atoms with Crippen molar-refractivity contribution in [3.63, 3.8) is 0 Å². The zero-order valence-corrected chi connectivity index (χ0v) is 8.54. The molecule has 0 spiro atoms. The Bertz CT molecular complexity index is 496. The quantitative estimate of drug-likeness (QED) is 0.805. The number of aromatic nitrogens is 1. The van der Waals surface area contributed by atoms with Crippen LogP contribution in [0.25, 0.3) is 11.5 Å². The van der Waals surface area contributed by atoms with Crippen molar-refractivity contribution in [2.75, 3.05) is 6.61 Å². The summed E-state index contributed by atoms with van der Waals surface area (Å²) in [5.41, 5.74) is 0.104. The molecule has 1 aromatic heterocycles. The van der Waals surface area contributed by atoms with Crippen LogP contribution >= 0.6 is 0 Å². The minimum absolute atomic E-state index is 0.0703. The largest absolute Gasteiger partial charge is 0.464 e. The molecular weight excluding hydrogens is 216 g/mol. The smallest absolute Gasteiger partial charge is 0.305 e. The topological polar surface area (TPSA) is 35.3 Å². The number of hydrogen-bond donors (Lipinski definition) is 0. The van der Waals surface area contributed by atoms with Gasteiger partial charge < -0.3 is 9.15 Å². The molecule has 1 aromatic carbocycles. The highest BCUT2D eigenvalue weighted by atomic mass is 19.1. The lowest BCUT2D eigenvalue weighted by Crippen LogP contribution is -1.88. The fraction of sp³-hybridized carbons (Fsp3) is 0.182. The van der Waals surface area contributed by atoms with Crippen LogP contribution in [0.15, 0.2) is 28.8 Å². The van der Waals surface area contributed by atoms with Crippen LogP contribution < -0.4 is 4.74 Å². The number of benzene rings is 1. The van der Waals surface area contributed by atoms with Crippen LogP contribution in [0.4, 0.5) is 8.78 Å². The summed E-state index contributed by atoms with van der Waals surface area (Å²) in [7, 11) is 0. The van der Waals surface area contributed by atoms with Crippen molar-refractivity contribution in [2.24, 2.45) is 0 Å². The van der Waals surface area contributed by atoms with E-state index in [4.69, 9.17) is 9.15 Å². The van der Waals surface area contributed by atoms with Gasteiger partial charge in [-0.2, -0.15) is 0 Å². The van der Waals surface area contributed by atoms with Gasteiger partial charge in [0, 0.05) is 6.07 Å². The van der Waals surface area contributed by atoms with Crippen LogP contribution in [0.3, 0.4) is 0 Å². The molecule has 0 aliphatic rings. The molecule has 0 saturated carbocycles. The Kier molecular flexibility index (Phi) is 2.85. The third kappa shape index (κ3) is 2.03. The predicted octanol–water partition coefficient (Wildman–Crippen LogP) is 3.02. The molecule has 0 atom stereocenters. The van der Waals surface area contributed by atoms with Gasteiger partial charge in [0.15, 0.2) is 0 Å². The molecule has 16 heavy (non-hydrogen) atoms. The molecule has 84 valence electrons. The van der Waals surface area contributed by atoms with Gasteiger partial charge in [0.1, 0.15) is 17.8 Å². The summed E-state index contributed by atoms with van der Waals surface area (Å²) in [5, 5.41) is 0. The molecule has 0 saturated heterocycles. The maximum absolute atomic E-state index is 13.4. The van der Waals surface area contributed by atoms with Crippen molar-refractivity contribution in [1.82, 2.24) is 4.98 Å². The van der Waals surface area contributed by atoms with E-state index >= 15 is 0 Å². The molecule has 0 unspecified atom stereocenters. The number of nitrogens with zero attached hydrogens (tertiary/aromatic N) is 1. The predicted molar refractivity (Wildman–Crippen MR) is 53.0 cm³/mol. The van der Waals surface area contributed by atoms with Crippen molar-refractivity contribution in [1.29, 1.82) is 0 Å². The van der Waals surface area contributed by atoms with Crippen LogP contribution in [-0.4, -0.2) is 11.6 Å². The van der Waals surface area contributed by atoms with Gasteiger partial charge in [-0.15, -0.1) is 0 Å². The molecule has 2 aromatic rings. The van der Waals surface area contributed by atoms with Gasteiger partial charge in [0.2, 0.25) is 5.89 Å². The van der Waals surface area contributed by atoms with E-state index in [2.05, 4.69) is 4.98 Å². The number of halogens is 2. The van der Waals surface area contributed by atoms with E-state index in [1.807, 2.05) is 0 Å². The van der Waals surface area contributed by atoms with Crippen LogP contribution in [0, 0.1) is 11.6 Å². The van der Waals surface area contributed by atoms with E-state index < -0.39 is 11.6 Å². The van der Waals surface area contributed by atoms with E-state index in [9.17, 15) is 8.78 Å². The first-order chi connectivity index (χ1) is 7.70. The molecule has 0 fully saturated rings. The first-order valence-electron chi connectivity index (χ1n) is 4.74. The maximum Gasteiger partial charge on any atom is 0.305 e. The monoisotopic (exact) mass is 225 g/mol. The summed E-state index contributed by atoms with van der Waals surface area (Å²) in [5.74, 6) is -1.08. The molecule has 3 nitrogen and oxygen atoms in total. The Balaban J connectivity index is 2.35. The van der Waals surface area contributed by atoms with E-state index in [1.54, 1.807) is 6.92 Å². The second-order valence-corrected chi connectivity index (χ2v) is 3.04. The number of ether oxygens (including phenoxy) is 1. The molecule has 2 rings (SSSR count). The van der Waals surface area contributed by atoms with Crippen LogP contribution in [0.1, 0.15) is 6.92 Å². The van der Waals surface area contributed by atoms with Gasteiger partial charge in [-0.1, -0.05) is 0 Å². The van der Waals surface area contributed by atoms with Crippen molar-refractivity contribution < 1.29 is 17.9 Å². The molecule has 0 radical (unpaired) electrons. The maximum atomic E-state index is 13.4. The fourth-order valence-corrected chi connectivity index (χ4v) is 1.26. The minimum atomic E-state index is -0.718. The molecule has 0 bridgehead atoms. The molecular formula is C11H9F2NO2. The Labute approximate surface area is 90.7 Å². The zero-order valence-electron chi connectivity index (χ0n) is 8.54. The van der Waals surface area contributed by atoms with E-state index in [1.165, 1.54) is 12.3 Å². The standard InChI is InChI=1S/C11H9F2NO2/c1-2-15-10-6-14-11(16-10)8-4-3-7(12)5-9(8)13/h3-6H,2H2,1H3. The summed E-state index contributed by atoms with van der Waals surface area (Å²) < 4.78 is 36.2. The SMILES string of the molecule is CCOc1cnc(-c2ccc(F)cc2F)o1. The highest BCUT2D eigenvalue weighted by Gasteiger charge is 2.12. The molecule has 0 amide bonds. The normalized spacial score (nSPS) is 10.4. The molecule has 5 heteroatoms. The van der Waals surface area contributed by atoms with Gasteiger partial charge >= 0.3 is 5.95 Å². The van der Waals surface area contributed by atoms with Gasteiger partial charge in [0.05, 0.1) is 12.2 Å². The average molecular weight is 225 g/mol. The van der Waals surface area contributed by atoms with E-state index in [0.717, 1.165) is 12.1 Å². The van der Waals surface area contributed by atoms with E-state index in [-0.39, 0.29) is 17.4 Å². The highest BCUT2D eigenvalue weighted by molar-refractivity contribution is 5.54. The summed E-state index contributed by atoms with van der Waals surface area (Å²) >= 11 is 0. The van der Waals surface area contributed by atoms with Crippen LogP contribution in [-0.2, 0) is 0 Å². The second kappa shape index (κ2) is 4.30. The third-order valence-electron chi connectivity index (χ3n) is 1.93. The van der Waals surface area contributed by atoms with Crippen LogP contribution in [0.5, 0.6) is 5.95 Å².